The molecule has 0 atom stereocenters. The maximum absolute atomic E-state index is 6.19. The van der Waals surface area contributed by atoms with E-state index in [1.165, 1.54) is 0 Å². The number of halogens is 1. The van der Waals surface area contributed by atoms with Crippen molar-refractivity contribution in [1.29, 1.82) is 0 Å². The van der Waals surface area contributed by atoms with Gasteiger partial charge in [-0.2, -0.15) is 0 Å². The minimum atomic E-state index is 0.556. The number of pyridine rings is 1. The summed E-state index contributed by atoms with van der Waals surface area (Å²) in [6.07, 6.45) is 1.67. The molecule has 114 valence electrons. The van der Waals surface area contributed by atoms with E-state index in [0.717, 1.165) is 22.3 Å². The Morgan fingerprint density at radius 1 is 1.00 bits per heavy atom. The zero-order valence-electron chi connectivity index (χ0n) is 12.4. The monoisotopic (exact) mass is 318 g/mol. The molecule has 6 heteroatoms. The topological polar surface area (TPSA) is 56.4 Å². The van der Waals surface area contributed by atoms with Gasteiger partial charge in [-0.3, -0.25) is 0 Å². The summed E-state index contributed by atoms with van der Waals surface area (Å²) in [5, 5.41) is 1.52. The first kappa shape index (κ1) is 14.5. The molecule has 0 spiro atoms. The third kappa shape index (κ3) is 2.33. The van der Waals surface area contributed by atoms with Gasteiger partial charge in [-0.05, 0) is 24.3 Å². The van der Waals surface area contributed by atoms with Crippen LogP contribution in [-0.4, -0.2) is 31.3 Å². The number of hydrogen-bond donors (Lipinski definition) is 1. The van der Waals surface area contributed by atoms with Crippen molar-refractivity contribution in [3.05, 3.63) is 35.5 Å². The summed E-state index contributed by atoms with van der Waals surface area (Å²) < 4.78 is 16.1. The molecule has 0 saturated carbocycles. The molecule has 22 heavy (non-hydrogen) atoms. The van der Waals surface area contributed by atoms with Crippen molar-refractivity contribution < 1.29 is 14.2 Å². The van der Waals surface area contributed by atoms with E-state index < -0.39 is 0 Å². The number of methoxy groups -OCH3 is 3. The number of aromatic amines is 1. The normalized spacial score (nSPS) is 10.7. The smallest absolute Gasteiger partial charge is 0.203 e. The van der Waals surface area contributed by atoms with E-state index >= 15 is 0 Å². The minimum Gasteiger partial charge on any atom is -0.493 e. The highest BCUT2D eigenvalue weighted by molar-refractivity contribution is 6.35. The summed E-state index contributed by atoms with van der Waals surface area (Å²) in [5.41, 5.74) is 2.50. The average molecular weight is 319 g/mol. The Hall–Kier alpha value is -2.40. The minimum absolute atomic E-state index is 0.556. The summed E-state index contributed by atoms with van der Waals surface area (Å²) in [6, 6.07) is 7.46. The van der Waals surface area contributed by atoms with E-state index in [4.69, 9.17) is 25.8 Å². The molecule has 0 aliphatic heterocycles. The molecule has 0 aliphatic carbocycles. The number of fused-ring (bicyclic) bond motifs is 1. The zero-order valence-corrected chi connectivity index (χ0v) is 13.2. The van der Waals surface area contributed by atoms with Crippen molar-refractivity contribution in [2.45, 2.75) is 0 Å². The number of rotatable bonds is 4. The van der Waals surface area contributed by atoms with E-state index in [9.17, 15) is 0 Å². The van der Waals surface area contributed by atoms with Gasteiger partial charge in [0.25, 0.3) is 0 Å². The van der Waals surface area contributed by atoms with Crippen LogP contribution < -0.4 is 14.2 Å². The molecule has 1 aromatic carbocycles. The maximum atomic E-state index is 6.19. The number of hydrogen-bond acceptors (Lipinski definition) is 4. The summed E-state index contributed by atoms with van der Waals surface area (Å²) >= 11 is 6.19. The van der Waals surface area contributed by atoms with Crippen LogP contribution in [0.3, 0.4) is 0 Å². The zero-order chi connectivity index (χ0) is 15.7. The van der Waals surface area contributed by atoms with Gasteiger partial charge in [0.15, 0.2) is 11.5 Å². The molecule has 2 aromatic heterocycles. The number of ether oxygens (including phenoxy) is 3. The molecule has 3 aromatic rings. The van der Waals surface area contributed by atoms with Crippen LogP contribution in [0.5, 0.6) is 17.2 Å². The van der Waals surface area contributed by atoms with Crippen LogP contribution in [0.25, 0.3) is 22.3 Å². The summed E-state index contributed by atoms with van der Waals surface area (Å²) in [5.74, 6) is 1.74. The molecule has 3 rings (SSSR count). The highest BCUT2D eigenvalue weighted by atomic mass is 35.5. The van der Waals surface area contributed by atoms with Gasteiger partial charge < -0.3 is 19.2 Å². The Balaban J connectivity index is 2.19. The molecule has 0 radical (unpaired) electrons. The highest BCUT2D eigenvalue weighted by Gasteiger charge is 2.15. The summed E-state index contributed by atoms with van der Waals surface area (Å²) in [4.78, 5) is 7.53. The fourth-order valence-corrected chi connectivity index (χ4v) is 2.59. The second-order valence-electron chi connectivity index (χ2n) is 4.65. The van der Waals surface area contributed by atoms with Gasteiger partial charge in [0.2, 0.25) is 5.75 Å². The number of nitrogens with zero attached hydrogens (tertiary/aromatic N) is 1. The first-order chi connectivity index (χ1) is 10.7. The molecule has 5 nitrogen and oxygen atoms in total. The van der Waals surface area contributed by atoms with Gasteiger partial charge in [-0.15, -0.1) is 0 Å². The fourth-order valence-electron chi connectivity index (χ4n) is 2.39. The first-order valence-electron chi connectivity index (χ1n) is 6.61. The lowest BCUT2D eigenvalue weighted by atomic mass is 10.1. The van der Waals surface area contributed by atoms with Crippen LogP contribution in [-0.2, 0) is 0 Å². The Kier molecular flexibility index (Phi) is 3.81. The second kappa shape index (κ2) is 5.77. The van der Waals surface area contributed by atoms with Gasteiger partial charge in [-0.25, -0.2) is 4.98 Å². The highest BCUT2D eigenvalue weighted by Crippen LogP contribution is 2.41. The van der Waals surface area contributed by atoms with E-state index in [1.54, 1.807) is 33.6 Å². The van der Waals surface area contributed by atoms with Crippen LogP contribution in [0.2, 0.25) is 5.02 Å². The Labute approximate surface area is 132 Å². The van der Waals surface area contributed by atoms with Crippen molar-refractivity contribution in [2.75, 3.05) is 21.3 Å². The average Bonchev–Trinajstić information content (AvgIpc) is 2.99. The molecule has 1 N–H and O–H groups in total. The summed E-state index contributed by atoms with van der Waals surface area (Å²) in [6.45, 7) is 0. The molecular formula is C16H15ClN2O3. The molecule has 2 heterocycles. The number of H-pyrrole nitrogens is 1. The lowest BCUT2D eigenvalue weighted by Crippen LogP contribution is -1.95. The van der Waals surface area contributed by atoms with Gasteiger partial charge >= 0.3 is 0 Å². The first-order valence-corrected chi connectivity index (χ1v) is 6.99. The quantitative estimate of drug-likeness (QED) is 0.792. The maximum Gasteiger partial charge on any atom is 0.203 e. The van der Waals surface area contributed by atoms with E-state index in [2.05, 4.69) is 9.97 Å². The van der Waals surface area contributed by atoms with Crippen molar-refractivity contribution >= 4 is 22.6 Å². The fraction of sp³-hybridized carbons (Fsp3) is 0.188. The molecule has 0 saturated heterocycles. The molecular weight excluding hydrogens is 304 g/mol. The van der Waals surface area contributed by atoms with Gasteiger partial charge in [0, 0.05) is 22.8 Å². The van der Waals surface area contributed by atoms with Crippen molar-refractivity contribution in [3.8, 4) is 28.5 Å². The number of benzene rings is 1. The summed E-state index contributed by atoms with van der Waals surface area (Å²) in [7, 11) is 4.75. The third-order valence-corrected chi connectivity index (χ3v) is 3.78. The van der Waals surface area contributed by atoms with Crippen molar-refractivity contribution in [1.82, 2.24) is 9.97 Å². The number of nitrogens with one attached hydrogen (secondary N) is 1. The van der Waals surface area contributed by atoms with Crippen LogP contribution in [0.4, 0.5) is 0 Å². The Morgan fingerprint density at radius 2 is 1.68 bits per heavy atom. The van der Waals surface area contributed by atoms with E-state index in [1.807, 2.05) is 18.2 Å². The SMILES string of the molecule is COc1cc(-c2cc3c(Cl)ccnc3[nH]2)cc(OC)c1OC. The second-order valence-corrected chi connectivity index (χ2v) is 5.06. The third-order valence-electron chi connectivity index (χ3n) is 3.45. The van der Waals surface area contributed by atoms with Gasteiger partial charge in [0.05, 0.1) is 26.4 Å². The largest absolute Gasteiger partial charge is 0.493 e. The lowest BCUT2D eigenvalue weighted by molar-refractivity contribution is 0.324. The van der Waals surface area contributed by atoms with Crippen LogP contribution in [0.1, 0.15) is 0 Å². The van der Waals surface area contributed by atoms with E-state index in [0.29, 0.717) is 22.3 Å². The Morgan fingerprint density at radius 3 is 2.23 bits per heavy atom. The predicted molar refractivity (Wildman–Crippen MR) is 86.2 cm³/mol. The molecule has 0 amide bonds. The van der Waals surface area contributed by atoms with Gasteiger partial charge in [0.1, 0.15) is 5.65 Å². The van der Waals surface area contributed by atoms with Crippen LogP contribution in [0.15, 0.2) is 30.5 Å². The Bertz CT molecular complexity index is 804. The van der Waals surface area contributed by atoms with Crippen LogP contribution >= 0.6 is 11.6 Å². The van der Waals surface area contributed by atoms with Crippen LogP contribution in [0, 0.1) is 0 Å². The molecule has 0 unspecified atom stereocenters. The molecule has 0 bridgehead atoms. The van der Waals surface area contributed by atoms with E-state index in [-0.39, 0.29) is 0 Å². The molecule has 0 fully saturated rings. The predicted octanol–water partition coefficient (Wildman–Crippen LogP) is 3.91. The van der Waals surface area contributed by atoms with Crippen molar-refractivity contribution in [3.63, 3.8) is 0 Å². The standard InChI is InChI=1S/C16H15ClN2O3/c1-20-13-6-9(7-14(21-2)15(13)22-3)12-8-10-11(17)4-5-18-16(10)19-12/h4-8H,1-3H3,(H,18,19). The number of aromatic nitrogens is 2. The van der Waals surface area contributed by atoms with Gasteiger partial charge in [-0.1, -0.05) is 11.6 Å². The molecule has 0 aliphatic rings. The van der Waals surface area contributed by atoms with Crippen molar-refractivity contribution in [2.24, 2.45) is 0 Å². The lowest BCUT2D eigenvalue weighted by Gasteiger charge is -2.13.